The zero-order valence-electron chi connectivity index (χ0n) is 19.2. The van der Waals surface area contributed by atoms with Crippen LogP contribution in [0.4, 0.5) is 23.2 Å². The average molecular weight is 518 g/mol. The molecule has 0 aliphatic rings. The van der Waals surface area contributed by atoms with Gasteiger partial charge in [0.25, 0.3) is 5.91 Å². The number of carbonyl (C=O) groups excluding carboxylic acids is 1. The summed E-state index contributed by atoms with van der Waals surface area (Å²) in [5.41, 5.74) is 2.62. The largest absolute Gasteiger partial charge is 0.489 e. The van der Waals surface area contributed by atoms with Crippen LogP contribution in [-0.4, -0.2) is 15.7 Å². The maximum atomic E-state index is 13.9. The first kappa shape index (κ1) is 25.2. The molecule has 0 unspecified atom stereocenters. The van der Waals surface area contributed by atoms with E-state index in [0.29, 0.717) is 22.9 Å². The van der Waals surface area contributed by atoms with Crippen LogP contribution in [0.1, 0.15) is 32.6 Å². The summed E-state index contributed by atoms with van der Waals surface area (Å²) in [5, 5.41) is 7.23. The predicted octanol–water partition coefficient (Wildman–Crippen LogP) is 6.59. The lowest BCUT2D eigenvalue weighted by Gasteiger charge is -2.10. The Kier molecular flexibility index (Phi) is 7.30. The van der Waals surface area contributed by atoms with Crippen molar-refractivity contribution in [2.75, 3.05) is 5.32 Å². The number of carbonyl (C=O) groups is 1. The lowest BCUT2D eigenvalue weighted by atomic mass is 10.1. The molecule has 3 aromatic carbocycles. The van der Waals surface area contributed by atoms with Crippen molar-refractivity contribution in [2.24, 2.45) is 0 Å². The summed E-state index contributed by atoms with van der Waals surface area (Å²) in [6, 6.07) is 10.7. The topological polar surface area (TPSA) is 56.1 Å². The Bertz CT molecular complexity index is 1420. The minimum atomic E-state index is -1.76. The standard InChI is InChI=1S/C26H20ClF4N3O2/c1-14-7-19(8-15(2)23(14)27)36-13-16-3-5-17(6-4-16)26(35)33-18-10-32-34(11-18)12-20-21(28)9-22(29)25(31)24(20)30/h3-11H,12-13H2,1-2H3,(H,33,35). The first-order chi connectivity index (χ1) is 17.1. The fourth-order valence-electron chi connectivity index (χ4n) is 3.54. The van der Waals surface area contributed by atoms with Crippen LogP contribution in [0.2, 0.25) is 5.02 Å². The molecule has 0 radical (unpaired) electrons. The van der Waals surface area contributed by atoms with E-state index >= 15 is 0 Å². The van der Waals surface area contributed by atoms with E-state index in [4.69, 9.17) is 16.3 Å². The molecule has 4 aromatic rings. The van der Waals surface area contributed by atoms with Crippen molar-refractivity contribution in [3.8, 4) is 5.75 Å². The quantitative estimate of drug-likeness (QED) is 0.171. The van der Waals surface area contributed by atoms with Gasteiger partial charge in [0.2, 0.25) is 0 Å². The van der Waals surface area contributed by atoms with Crippen LogP contribution in [0.15, 0.2) is 54.9 Å². The Morgan fingerprint density at radius 3 is 2.33 bits per heavy atom. The van der Waals surface area contributed by atoms with Crippen LogP contribution in [0.3, 0.4) is 0 Å². The van der Waals surface area contributed by atoms with E-state index in [1.165, 1.54) is 12.4 Å². The van der Waals surface area contributed by atoms with Gasteiger partial charge in [-0.25, -0.2) is 17.6 Å². The van der Waals surface area contributed by atoms with Crippen molar-refractivity contribution in [1.82, 2.24) is 9.78 Å². The minimum Gasteiger partial charge on any atom is -0.489 e. The lowest BCUT2D eigenvalue weighted by Crippen LogP contribution is -2.12. The third kappa shape index (κ3) is 5.52. The van der Waals surface area contributed by atoms with E-state index < -0.39 is 41.3 Å². The molecule has 1 N–H and O–H groups in total. The number of anilines is 1. The second kappa shape index (κ2) is 10.4. The zero-order chi connectivity index (χ0) is 26.0. The number of benzene rings is 3. The van der Waals surface area contributed by atoms with Crippen LogP contribution in [-0.2, 0) is 13.2 Å². The van der Waals surface area contributed by atoms with Crippen molar-refractivity contribution < 1.29 is 27.1 Å². The predicted molar refractivity (Wildman–Crippen MR) is 127 cm³/mol. The average Bonchev–Trinajstić information content (AvgIpc) is 3.29. The molecule has 5 nitrogen and oxygen atoms in total. The highest BCUT2D eigenvalue weighted by molar-refractivity contribution is 6.32. The molecule has 10 heteroatoms. The molecular weight excluding hydrogens is 498 g/mol. The molecule has 186 valence electrons. The van der Waals surface area contributed by atoms with Gasteiger partial charge in [-0.1, -0.05) is 23.7 Å². The molecule has 0 bridgehead atoms. The number of ether oxygens (including phenoxy) is 1. The molecule has 0 saturated heterocycles. The minimum absolute atomic E-state index is 0.254. The third-order valence-electron chi connectivity index (χ3n) is 5.45. The van der Waals surface area contributed by atoms with E-state index in [9.17, 15) is 22.4 Å². The molecule has 0 saturated carbocycles. The number of nitrogens with zero attached hydrogens (tertiary/aromatic N) is 2. The second-order valence-electron chi connectivity index (χ2n) is 8.18. The summed E-state index contributed by atoms with van der Waals surface area (Å²) >= 11 is 6.18. The van der Waals surface area contributed by atoms with Crippen molar-refractivity contribution in [1.29, 1.82) is 0 Å². The first-order valence-corrected chi connectivity index (χ1v) is 11.1. The van der Waals surface area contributed by atoms with Crippen molar-refractivity contribution >= 4 is 23.2 Å². The fourth-order valence-corrected chi connectivity index (χ4v) is 3.65. The Morgan fingerprint density at radius 2 is 1.67 bits per heavy atom. The lowest BCUT2D eigenvalue weighted by molar-refractivity contribution is 0.102. The summed E-state index contributed by atoms with van der Waals surface area (Å²) in [6.45, 7) is 3.61. The molecule has 0 aliphatic carbocycles. The monoisotopic (exact) mass is 517 g/mol. The third-order valence-corrected chi connectivity index (χ3v) is 6.05. The van der Waals surface area contributed by atoms with Gasteiger partial charge in [-0.3, -0.25) is 9.48 Å². The van der Waals surface area contributed by atoms with Crippen LogP contribution < -0.4 is 10.1 Å². The van der Waals surface area contributed by atoms with Crippen molar-refractivity contribution in [2.45, 2.75) is 27.0 Å². The number of aryl methyl sites for hydroxylation is 2. The Morgan fingerprint density at radius 1 is 1.00 bits per heavy atom. The summed E-state index contributed by atoms with van der Waals surface area (Å²) in [7, 11) is 0. The van der Waals surface area contributed by atoms with Gasteiger partial charge in [0.05, 0.1) is 18.4 Å². The maximum Gasteiger partial charge on any atom is 0.255 e. The maximum absolute atomic E-state index is 13.9. The van der Waals surface area contributed by atoms with Crippen LogP contribution in [0, 0.1) is 37.1 Å². The highest BCUT2D eigenvalue weighted by atomic mass is 35.5. The molecule has 1 aromatic heterocycles. The highest BCUT2D eigenvalue weighted by Gasteiger charge is 2.19. The molecule has 4 rings (SSSR count). The molecule has 1 amide bonds. The van der Waals surface area contributed by atoms with Gasteiger partial charge in [-0.15, -0.1) is 0 Å². The fraction of sp³-hybridized carbons (Fsp3) is 0.154. The number of aromatic nitrogens is 2. The second-order valence-corrected chi connectivity index (χ2v) is 8.56. The molecule has 0 aliphatic heterocycles. The van der Waals surface area contributed by atoms with E-state index in [-0.39, 0.29) is 11.8 Å². The molecule has 0 spiro atoms. The Balaban J connectivity index is 1.37. The van der Waals surface area contributed by atoms with Gasteiger partial charge in [0.15, 0.2) is 17.5 Å². The van der Waals surface area contributed by atoms with Gasteiger partial charge in [-0.2, -0.15) is 5.10 Å². The van der Waals surface area contributed by atoms with E-state index in [2.05, 4.69) is 10.4 Å². The molecule has 1 heterocycles. The summed E-state index contributed by atoms with van der Waals surface area (Å²) in [6.07, 6.45) is 2.59. The first-order valence-electron chi connectivity index (χ1n) is 10.8. The van der Waals surface area contributed by atoms with Gasteiger partial charge in [0, 0.05) is 28.4 Å². The highest BCUT2D eigenvalue weighted by Crippen LogP contribution is 2.26. The van der Waals surface area contributed by atoms with Crippen molar-refractivity contribution in [3.63, 3.8) is 0 Å². The number of hydrogen-bond donors (Lipinski definition) is 1. The van der Waals surface area contributed by atoms with Crippen LogP contribution >= 0.6 is 11.6 Å². The number of rotatable bonds is 7. The van der Waals surface area contributed by atoms with Crippen LogP contribution in [0.5, 0.6) is 5.75 Å². The Labute approximate surface area is 209 Å². The molecule has 0 fully saturated rings. The molecule has 36 heavy (non-hydrogen) atoms. The summed E-state index contributed by atoms with van der Waals surface area (Å²) in [4.78, 5) is 12.6. The van der Waals surface area contributed by atoms with Gasteiger partial charge < -0.3 is 10.1 Å². The molecule has 0 atom stereocenters. The van der Waals surface area contributed by atoms with Gasteiger partial charge in [0.1, 0.15) is 18.2 Å². The summed E-state index contributed by atoms with van der Waals surface area (Å²) < 4.78 is 61.2. The van der Waals surface area contributed by atoms with Gasteiger partial charge >= 0.3 is 0 Å². The SMILES string of the molecule is Cc1cc(OCc2ccc(C(=O)Nc3cnn(Cc4c(F)cc(F)c(F)c4F)c3)cc2)cc(C)c1Cl. The van der Waals surface area contributed by atoms with Gasteiger partial charge in [-0.05, 0) is 54.8 Å². The van der Waals surface area contributed by atoms with Crippen LogP contribution in [0.25, 0.3) is 0 Å². The van der Waals surface area contributed by atoms with E-state index in [1.807, 2.05) is 26.0 Å². The normalized spacial score (nSPS) is 11.0. The number of halogens is 5. The Hall–Kier alpha value is -3.85. The molecular formula is C26H20ClF4N3O2. The summed E-state index contributed by atoms with van der Waals surface area (Å²) in [5.74, 6) is -5.99. The number of amides is 1. The van der Waals surface area contributed by atoms with Crippen molar-refractivity contribution in [3.05, 3.63) is 111 Å². The smallest absolute Gasteiger partial charge is 0.255 e. The number of nitrogens with one attached hydrogen (secondary N) is 1. The van der Waals surface area contributed by atoms with E-state index in [1.54, 1.807) is 24.3 Å². The zero-order valence-corrected chi connectivity index (χ0v) is 20.0. The van der Waals surface area contributed by atoms with E-state index in [0.717, 1.165) is 21.4 Å². The number of hydrogen-bond acceptors (Lipinski definition) is 3.